The van der Waals surface area contributed by atoms with E-state index >= 15 is 0 Å². The van der Waals surface area contributed by atoms with Crippen LogP contribution in [0.5, 0.6) is 0 Å². The van der Waals surface area contributed by atoms with Gasteiger partial charge < -0.3 is 53.3 Å². The molecule has 266 valence electrons. The molecule has 0 unspecified atom stereocenters. The lowest BCUT2D eigenvalue weighted by atomic mass is 10.0. The highest BCUT2D eigenvalue weighted by Gasteiger charge is 2.22. The Morgan fingerprint density at radius 2 is 1.02 bits per heavy atom. The maximum atomic E-state index is 13.2. The Hall–Kier alpha value is -6.58. The highest BCUT2D eigenvalue weighted by Crippen LogP contribution is 2.39. The summed E-state index contributed by atoms with van der Waals surface area (Å²) >= 11 is 0. The third-order valence-electron chi connectivity index (χ3n) is 8.15. The molecule has 1 aliphatic carbocycles. The Bertz CT molecular complexity index is 1890. The van der Waals surface area contributed by atoms with Crippen LogP contribution in [-0.4, -0.2) is 57.8 Å². The minimum Gasteiger partial charge on any atom is -0.370 e. The Balaban J connectivity index is 1.16. The highest BCUT2D eigenvalue weighted by atomic mass is 16.2. The van der Waals surface area contributed by atoms with Gasteiger partial charge in [-0.2, -0.15) is 0 Å². The number of hydrogen-bond acceptors (Lipinski definition) is 6. The molecule has 4 amide bonds. The number of aryl methyl sites for hydroxylation is 2. The predicted molar refractivity (Wildman–Crippen MR) is 198 cm³/mol. The summed E-state index contributed by atoms with van der Waals surface area (Å²) in [6.07, 6.45) is 5.41. The molecular formula is C35H42N12O4. The van der Waals surface area contributed by atoms with E-state index < -0.39 is 0 Å². The van der Waals surface area contributed by atoms with Gasteiger partial charge in [-0.3, -0.25) is 29.2 Å². The smallest absolute Gasteiger partial charge is 0.272 e. The number of amides is 4. The first kappa shape index (κ1) is 35.7. The molecule has 51 heavy (non-hydrogen) atoms. The minimum absolute atomic E-state index is 0.0175. The molecule has 12 N–H and O–H groups in total. The fourth-order valence-electron chi connectivity index (χ4n) is 5.82. The average Bonchev–Trinajstić information content (AvgIpc) is 3.74. The summed E-state index contributed by atoms with van der Waals surface area (Å²) in [5, 5.41) is 11.5. The molecule has 5 rings (SSSR count). The van der Waals surface area contributed by atoms with E-state index in [1.54, 1.807) is 47.8 Å². The quantitative estimate of drug-likeness (QED) is 0.0485. The number of anilines is 4. The molecule has 16 heteroatoms. The van der Waals surface area contributed by atoms with Gasteiger partial charge in [0.15, 0.2) is 11.9 Å². The van der Waals surface area contributed by atoms with Gasteiger partial charge in [-0.05, 0) is 77.9 Å². The van der Waals surface area contributed by atoms with E-state index in [4.69, 9.17) is 22.9 Å². The first-order chi connectivity index (χ1) is 24.4. The minimum atomic E-state index is -0.322. The second-order valence-electron chi connectivity index (χ2n) is 12.2. The average molecular weight is 695 g/mol. The largest absolute Gasteiger partial charge is 0.370 e. The van der Waals surface area contributed by atoms with Crippen LogP contribution in [0.25, 0.3) is 11.1 Å². The number of benzene rings is 2. The first-order valence-electron chi connectivity index (χ1n) is 16.3. The molecule has 0 spiro atoms. The van der Waals surface area contributed by atoms with Gasteiger partial charge in [-0.25, -0.2) is 0 Å². The van der Waals surface area contributed by atoms with E-state index in [0.29, 0.717) is 66.5 Å². The molecule has 0 saturated heterocycles. The molecule has 4 aromatic rings. The number of rotatable bonds is 14. The zero-order valence-electron chi connectivity index (χ0n) is 28.5. The molecule has 0 saturated carbocycles. The van der Waals surface area contributed by atoms with Crippen molar-refractivity contribution in [2.45, 2.75) is 32.1 Å². The second kappa shape index (κ2) is 15.8. The van der Waals surface area contributed by atoms with Crippen LogP contribution >= 0.6 is 0 Å². The number of hydrogen-bond donors (Lipinski definition) is 8. The summed E-state index contributed by atoms with van der Waals surface area (Å²) in [4.78, 5) is 58.7. The molecule has 0 fully saturated rings. The zero-order chi connectivity index (χ0) is 36.7. The first-order valence-corrected chi connectivity index (χ1v) is 16.3. The number of carbonyl (C=O) groups is 4. The lowest BCUT2D eigenvalue weighted by molar-refractivity contribution is -0.117. The second-order valence-corrected chi connectivity index (χ2v) is 12.2. The van der Waals surface area contributed by atoms with Crippen molar-refractivity contribution in [3.05, 3.63) is 83.4 Å². The summed E-state index contributed by atoms with van der Waals surface area (Å²) in [7, 11) is 3.46. The van der Waals surface area contributed by atoms with Crippen molar-refractivity contribution in [3.8, 4) is 11.1 Å². The number of carbonyl (C=O) groups excluding carboxylic acids is 4. The Morgan fingerprint density at radius 3 is 1.41 bits per heavy atom. The molecule has 0 aliphatic heterocycles. The van der Waals surface area contributed by atoms with Gasteiger partial charge in [0.1, 0.15) is 11.4 Å². The number of nitrogens with one attached hydrogen (secondary N) is 4. The fraction of sp³-hybridized carbons (Fsp3) is 0.257. The van der Waals surface area contributed by atoms with Crippen molar-refractivity contribution in [1.29, 1.82) is 0 Å². The molecular weight excluding hydrogens is 652 g/mol. The third-order valence-corrected chi connectivity index (χ3v) is 8.15. The van der Waals surface area contributed by atoms with Crippen LogP contribution in [-0.2, 0) is 30.1 Å². The third kappa shape index (κ3) is 9.32. The summed E-state index contributed by atoms with van der Waals surface area (Å²) in [5.74, 6) is -1.09. The number of nitrogens with zero attached hydrogens (tertiary/aromatic N) is 4. The number of aliphatic imine (C=N–C) groups is 2. The number of aromatic nitrogens is 2. The van der Waals surface area contributed by atoms with Crippen LogP contribution in [0.1, 0.15) is 57.8 Å². The van der Waals surface area contributed by atoms with Crippen LogP contribution in [0.2, 0.25) is 0 Å². The molecule has 0 bridgehead atoms. The molecule has 16 nitrogen and oxygen atoms in total. The van der Waals surface area contributed by atoms with E-state index in [2.05, 4.69) is 31.3 Å². The molecule has 2 heterocycles. The lowest BCUT2D eigenvalue weighted by Crippen LogP contribution is -2.23. The Morgan fingerprint density at radius 1 is 0.608 bits per heavy atom. The van der Waals surface area contributed by atoms with Crippen molar-refractivity contribution in [1.82, 2.24) is 9.13 Å². The SMILES string of the molecule is Cn1cc(NC(=O)CCCN=C(N)N)cc1C(=O)Nc1ccc2c(c1)Cc1cc(NC(=O)c3cc(NC(=O)CCCN=C(N)N)cn3C)ccc1-2. The van der Waals surface area contributed by atoms with Gasteiger partial charge in [0, 0.05) is 63.8 Å². The van der Waals surface area contributed by atoms with Gasteiger partial charge in [-0.1, -0.05) is 12.1 Å². The van der Waals surface area contributed by atoms with Crippen molar-refractivity contribution in [2.75, 3.05) is 34.4 Å². The molecule has 2 aromatic carbocycles. The van der Waals surface area contributed by atoms with Crippen molar-refractivity contribution < 1.29 is 19.2 Å². The van der Waals surface area contributed by atoms with Crippen molar-refractivity contribution >= 4 is 58.3 Å². The van der Waals surface area contributed by atoms with E-state index in [-0.39, 0.29) is 48.4 Å². The topological polar surface area (TPSA) is 255 Å². The van der Waals surface area contributed by atoms with Crippen molar-refractivity contribution in [2.24, 2.45) is 47.0 Å². The molecule has 0 radical (unpaired) electrons. The van der Waals surface area contributed by atoms with Crippen molar-refractivity contribution in [3.63, 3.8) is 0 Å². The summed E-state index contributed by atoms with van der Waals surface area (Å²) < 4.78 is 3.30. The van der Waals surface area contributed by atoms with Crippen LogP contribution in [0.4, 0.5) is 22.7 Å². The number of guanidine groups is 2. The normalized spacial score (nSPS) is 11.2. The van der Waals surface area contributed by atoms with Crippen LogP contribution in [0, 0.1) is 0 Å². The predicted octanol–water partition coefficient (Wildman–Crippen LogP) is 2.42. The molecule has 1 aliphatic rings. The summed E-state index contributed by atoms with van der Waals surface area (Å²) in [5.41, 5.74) is 28.4. The Kier molecular flexibility index (Phi) is 11.0. The molecule has 2 aromatic heterocycles. The number of fused-ring (bicyclic) bond motifs is 3. The Labute approximate surface area is 294 Å². The van der Waals surface area contributed by atoms with Gasteiger partial charge in [0.2, 0.25) is 11.8 Å². The van der Waals surface area contributed by atoms with Gasteiger partial charge in [-0.15, -0.1) is 0 Å². The monoisotopic (exact) mass is 694 g/mol. The summed E-state index contributed by atoms with van der Waals surface area (Å²) in [6, 6.07) is 14.7. The maximum Gasteiger partial charge on any atom is 0.272 e. The van der Waals surface area contributed by atoms with Crippen LogP contribution in [0.15, 0.2) is 70.9 Å². The summed E-state index contributed by atoms with van der Waals surface area (Å²) in [6.45, 7) is 0.706. The zero-order valence-corrected chi connectivity index (χ0v) is 28.5. The maximum absolute atomic E-state index is 13.2. The van der Waals surface area contributed by atoms with Gasteiger partial charge in [0.25, 0.3) is 11.8 Å². The standard InChI is InChI=1S/C35H42N12O4/c1-46-18-24(42-30(48)5-3-11-40-34(36)37)16-28(46)32(50)44-22-7-9-26-20(14-22)13-21-15-23(8-10-27(21)26)45-33(51)29-17-25(19-47(29)2)43-31(49)6-4-12-41-35(38)39/h7-10,14-19H,3-6,11-13H2,1-2H3,(H,42,48)(H,43,49)(H,44,50)(H,45,51)(H4,36,37,40)(H4,38,39,41). The number of nitrogens with two attached hydrogens (primary N) is 4. The molecule has 0 atom stereocenters. The van der Waals surface area contributed by atoms with E-state index in [0.717, 1.165) is 22.3 Å². The van der Waals surface area contributed by atoms with Crippen LogP contribution in [0.3, 0.4) is 0 Å². The van der Waals surface area contributed by atoms with Gasteiger partial charge >= 0.3 is 0 Å². The highest BCUT2D eigenvalue weighted by molar-refractivity contribution is 6.06. The lowest BCUT2D eigenvalue weighted by Gasteiger charge is -2.09. The van der Waals surface area contributed by atoms with E-state index in [9.17, 15) is 19.2 Å². The fourth-order valence-corrected chi connectivity index (χ4v) is 5.82. The van der Waals surface area contributed by atoms with Crippen LogP contribution < -0.4 is 44.2 Å². The van der Waals surface area contributed by atoms with E-state index in [1.165, 1.54) is 0 Å². The van der Waals surface area contributed by atoms with Gasteiger partial charge in [0.05, 0.1) is 11.4 Å². The van der Waals surface area contributed by atoms with E-state index in [1.807, 2.05) is 36.4 Å².